The highest BCUT2D eigenvalue weighted by atomic mass is 15.0. The molecule has 1 aliphatic rings. The number of hydrogen-bond acceptors (Lipinski definition) is 2. The van der Waals surface area contributed by atoms with Gasteiger partial charge < -0.3 is 0 Å². The summed E-state index contributed by atoms with van der Waals surface area (Å²) in [6, 6.07) is 11.4. The van der Waals surface area contributed by atoms with Crippen LogP contribution in [0.25, 0.3) is 0 Å². The fraction of sp³-hybridized carbons (Fsp3) is 0.562. The molecule has 0 fully saturated rings. The summed E-state index contributed by atoms with van der Waals surface area (Å²) in [6.45, 7) is 4.32. The van der Waals surface area contributed by atoms with E-state index in [0.29, 0.717) is 6.04 Å². The molecular formula is C16H22N2. The Morgan fingerprint density at radius 1 is 1.39 bits per heavy atom. The van der Waals surface area contributed by atoms with Crippen molar-refractivity contribution in [1.82, 2.24) is 5.32 Å². The molecule has 1 aliphatic carbocycles. The zero-order valence-electron chi connectivity index (χ0n) is 11.4. The van der Waals surface area contributed by atoms with Crippen molar-refractivity contribution < 1.29 is 0 Å². The number of nitriles is 1. The maximum Gasteiger partial charge on any atom is 0.132 e. The molecule has 2 unspecified atom stereocenters. The Balaban J connectivity index is 2.43. The number of nitrogens with zero attached hydrogens (tertiary/aromatic N) is 1. The van der Waals surface area contributed by atoms with Crippen LogP contribution in [0.2, 0.25) is 0 Å². The van der Waals surface area contributed by atoms with Gasteiger partial charge in [-0.2, -0.15) is 5.26 Å². The Hall–Kier alpha value is -1.33. The monoisotopic (exact) mass is 242 g/mol. The number of fused-ring (bicyclic) bond motifs is 1. The van der Waals surface area contributed by atoms with Gasteiger partial charge in [0.2, 0.25) is 0 Å². The summed E-state index contributed by atoms with van der Waals surface area (Å²) in [7, 11) is 0. The highest BCUT2D eigenvalue weighted by molar-refractivity contribution is 5.39. The summed E-state index contributed by atoms with van der Waals surface area (Å²) in [5.41, 5.74) is 2.06. The molecule has 1 N–H and O–H groups in total. The van der Waals surface area contributed by atoms with Crippen molar-refractivity contribution >= 4 is 0 Å². The fourth-order valence-corrected chi connectivity index (χ4v) is 2.82. The van der Waals surface area contributed by atoms with Gasteiger partial charge in [0, 0.05) is 6.04 Å². The summed E-state index contributed by atoms with van der Waals surface area (Å²) in [4.78, 5) is 0. The van der Waals surface area contributed by atoms with E-state index in [1.165, 1.54) is 17.5 Å². The summed E-state index contributed by atoms with van der Waals surface area (Å²) >= 11 is 0. The minimum Gasteiger partial charge on any atom is -0.293 e. The largest absolute Gasteiger partial charge is 0.293 e. The van der Waals surface area contributed by atoms with Crippen LogP contribution in [0, 0.1) is 11.3 Å². The van der Waals surface area contributed by atoms with E-state index in [1.807, 2.05) is 0 Å². The molecule has 2 heteroatoms. The van der Waals surface area contributed by atoms with Gasteiger partial charge in [-0.1, -0.05) is 31.2 Å². The predicted molar refractivity (Wildman–Crippen MR) is 74.2 cm³/mol. The lowest BCUT2D eigenvalue weighted by atomic mass is 9.85. The Kier molecular flexibility index (Phi) is 4.04. The number of benzene rings is 1. The molecule has 1 aromatic rings. The van der Waals surface area contributed by atoms with Gasteiger partial charge in [-0.25, -0.2) is 0 Å². The highest BCUT2D eigenvalue weighted by Crippen LogP contribution is 2.34. The van der Waals surface area contributed by atoms with Crippen LogP contribution in [-0.4, -0.2) is 6.04 Å². The number of hydrogen-bond donors (Lipinski definition) is 1. The Labute approximate surface area is 110 Å². The van der Waals surface area contributed by atoms with Crippen molar-refractivity contribution in [2.45, 2.75) is 57.5 Å². The lowest BCUT2D eigenvalue weighted by molar-refractivity contribution is 0.342. The molecule has 0 heterocycles. The highest BCUT2D eigenvalue weighted by Gasteiger charge is 2.35. The second-order valence-electron chi connectivity index (χ2n) is 5.34. The fourth-order valence-electron chi connectivity index (χ4n) is 2.82. The maximum absolute atomic E-state index is 9.75. The molecule has 0 radical (unpaired) electrons. The first-order valence-electron chi connectivity index (χ1n) is 6.99. The molecule has 1 aromatic carbocycles. The molecule has 2 rings (SSSR count). The van der Waals surface area contributed by atoms with E-state index in [9.17, 15) is 5.26 Å². The second-order valence-corrected chi connectivity index (χ2v) is 5.34. The second kappa shape index (κ2) is 5.54. The molecule has 0 aromatic heterocycles. The number of rotatable bonds is 3. The first-order valence-corrected chi connectivity index (χ1v) is 6.99. The minimum absolute atomic E-state index is 0.371. The molecular weight excluding hydrogens is 220 g/mol. The van der Waals surface area contributed by atoms with Crippen molar-refractivity contribution in [3.8, 4) is 6.07 Å². The third-order valence-electron chi connectivity index (χ3n) is 4.02. The van der Waals surface area contributed by atoms with Gasteiger partial charge >= 0.3 is 0 Å². The van der Waals surface area contributed by atoms with E-state index >= 15 is 0 Å². The predicted octanol–water partition coefficient (Wildman–Crippen LogP) is 3.52. The summed E-state index contributed by atoms with van der Waals surface area (Å²) in [5.74, 6) is 0. The molecule has 0 saturated heterocycles. The van der Waals surface area contributed by atoms with Crippen molar-refractivity contribution in [2.75, 3.05) is 0 Å². The topological polar surface area (TPSA) is 35.8 Å². The van der Waals surface area contributed by atoms with Gasteiger partial charge in [0.05, 0.1) is 6.07 Å². The van der Waals surface area contributed by atoms with Crippen molar-refractivity contribution in [3.05, 3.63) is 35.4 Å². The smallest absolute Gasteiger partial charge is 0.132 e. The van der Waals surface area contributed by atoms with Crippen molar-refractivity contribution in [3.63, 3.8) is 0 Å². The van der Waals surface area contributed by atoms with Crippen molar-refractivity contribution in [2.24, 2.45) is 0 Å². The van der Waals surface area contributed by atoms with Crippen LogP contribution in [0.4, 0.5) is 0 Å². The third-order valence-corrected chi connectivity index (χ3v) is 4.02. The Morgan fingerprint density at radius 3 is 2.89 bits per heavy atom. The lowest BCUT2D eigenvalue weighted by Crippen LogP contribution is -2.46. The summed E-state index contributed by atoms with van der Waals surface area (Å²) in [6.07, 6.45) is 5.37. The number of aryl methyl sites for hydroxylation is 1. The van der Waals surface area contributed by atoms with Crippen LogP contribution in [0.15, 0.2) is 24.3 Å². The van der Waals surface area contributed by atoms with E-state index in [4.69, 9.17) is 0 Å². The molecule has 0 saturated carbocycles. The van der Waals surface area contributed by atoms with Crippen LogP contribution in [0.5, 0.6) is 0 Å². The van der Waals surface area contributed by atoms with E-state index < -0.39 is 5.54 Å². The van der Waals surface area contributed by atoms with Crippen LogP contribution >= 0.6 is 0 Å². The standard InChI is InChI=1S/C16H22N2/c1-3-13(2)18-16(12-17)11-7-6-9-14-8-4-5-10-15(14)16/h4-5,8,10,13,18H,3,6-7,9,11H2,1-2H3. The van der Waals surface area contributed by atoms with Gasteiger partial charge in [0.1, 0.15) is 5.54 Å². The van der Waals surface area contributed by atoms with E-state index in [1.54, 1.807) is 0 Å². The first kappa shape index (κ1) is 13.1. The number of nitrogens with one attached hydrogen (secondary N) is 1. The van der Waals surface area contributed by atoms with Crippen molar-refractivity contribution in [1.29, 1.82) is 5.26 Å². The average molecular weight is 242 g/mol. The molecule has 0 bridgehead atoms. The SMILES string of the molecule is CCC(C)NC1(C#N)CCCCc2ccccc21. The normalized spacial score (nSPS) is 24.7. The van der Waals surface area contributed by atoms with Gasteiger partial charge in [0.15, 0.2) is 0 Å². The molecule has 0 spiro atoms. The molecule has 18 heavy (non-hydrogen) atoms. The van der Waals surface area contributed by atoms with Gasteiger partial charge in [-0.15, -0.1) is 0 Å². The third kappa shape index (κ3) is 2.42. The zero-order valence-corrected chi connectivity index (χ0v) is 11.4. The van der Waals surface area contributed by atoms with E-state index in [-0.39, 0.29) is 0 Å². The van der Waals surface area contributed by atoms with E-state index in [2.05, 4.69) is 49.5 Å². The van der Waals surface area contributed by atoms with Crippen LogP contribution in [-0.2, 0) is 12.0 Å². The zero-order chi connectivity index (χ0) is 13.0. The minimum atomic E-state index is -0.484. The average Bonchev–Trinajstić information content (AvgIpc) is 2.59. The van der Waals surface area contributed by atoms with Gasteiger partial charge in [0.25, 0.3) is 0 Å². The van der Waals surface area contributed by atoms with E-state index in [0.717, 1.165) is 25.7 Å². The lowest BCUT2D eigenvalue weighted by Gasteiger charge is -2.31. The Morgan fingerprint density at radius 2 is 2.17 bits per heavy atom. The molecule has 2 nitrogen and oxygen atoms in total. The quantitative estimate of drug-likeness (QED) is 0.823. The van der Waals surface area contributed by atoms with Crippen LogP contribution < -0.4 is 5.32 Å². The first-order chi connectivity index (χ1) is 8.72. The molecule has 0 amide bonds. The van der Waals surface area contributed by atoms with Gasteiger partial charge in [-0.05, 0) is 50.2 Å². The van der Waals surface area contributed by atoms with Crippen LogP contribution in [0.1, 0.15) is 50.7 Å². The molecule has 2 atom stereocenters. The maximum atomic E-state index is 9.75. The summed E-state index contributed by atoms with van der Waals surface area (Å²) in [5, 5.41) is 13.3. The van der Waals surface area contributed by atoms with Gasteiger partial charge in [-0.3, -0.25) is 5.32 Å². The molecule has 0 aliphatic heterocycles. The summed E-state index contributed by atoms with van der Waals surface area (Å²) < 4.78 is 0. The Bertz CT molecular complexity index is 447. The van der Waals surface area contributed by atoms with Crippen LogP contribution in [0.3, 0.4) is 0 Å². The molecule has 96 valence electrons.